The number of hydrogen-bond acceptors (Lipinski definition) is 3. The lowest BCUT2D eigenvalue weighted by atomic mass is 10.3. The number of nitrogens with one attached hydrogen (secondary N) is 1. The molecule has 1 aromatic carbocycles. The Bertz CT molecular complexity index is 428. The second kappa shape index (κ2) is 2.12. The van der Waals surface area contributed by atoms with Crippen LogP contribution in [0.5, 0.6) is 11.5 Å². The van der Waals surface area contributed by atoms with Gasteiger partial charge in [0.15, 0.2) is 11.5 Å². The third-order valence-electron chi connectivity index (χ3n) is 1.92. The molecule has 5 heteroatoms. The first-order valence-electron chi connectivity index (χ1n) is 3.77. The van der Waals surface area contributed by atoms with Crippen molar-refractivity contribution in [2.45, 2.75) is 6.54 Å². The van der Waals surface area contributed by atoms with Crippen LogP contribution >= 0.6 is 0 Å². The largest absolute Gasteiger partial charge is 0.425 e. The van der Waals surface area contributed by atoms with E-state index in [1.165, 1.54) is 0 Å². The molecule has 0 bridgehead atoms. The van der Waals surface area contributed by atoms with Gasteiger partial charge in [-0.3, -0.25) is 0 Å². The van der Waals surface area contributed by atoms with Crippen LogP contribution in [0, 0.1) is 0 Å². The molecule has 0 saturated carbocycles. The summed E-state index contributed by atoms with van der Waals surface area (Å²) in [5.41, 5.74) is 1.54. The van der Waals surface area contributed by atoms with E-state index >= 15 is 0 Å². The zero-order chi connectivity index (χ0) is 8.84. The molecule has 2 aromatic rings. The number of nitrogens with zero attached hydrogens (tertiary/aromatic N) is 1. The molecule has 1 aliphatic rings. The number of imidazole rings is 1. The normalized spacial score (nSPS) is 15.5. The van der Waals surface area contributed by atoms with Gasteiger partial charge in [-0.2, -0.15) is 4.39 Å². The topological polar surface area (TPSA) is 47.1 Å². The lowest BCUT2D eigenvalue weighted by Crippen LogP contribution is -2.09. The molecular formula is C8H5FN2O2. The van der Waals surface area contributed by atoms with Crippen molar-refractivity contribution in [3.8, 4) is 11.5 Å². The van der Waals surface area contributed by atoms with Crippen LogP contribution in [0.25, 0.3) is 11.0 Å². The van der Waals surface area contributed by atoms with Gasteiger partial charge in [0.25, 0.3) is 0 Å². The maximum Gasteiger partial charge on any atom is 0.397 e. The molecule has 1 unspecified atom stereocenters. The van der Waals surface area contributed by atoms with E-state index in [9.17, 15) is 4.39 Å². The molecule has 1 aromatic heterocycles. The van der Waals surface area contributed by atoms with Crippen LogP contribution in [-0.4, -0.2) is 16.5 Å². The SMILES string of the molecule is FC1Oc2cc3nc[nH]c3cc2O1. The zero-order valence-electron chi connectivity index (χ0n) is 6.45. The lowest BCUT2D eigenvalue weighted by molar-refractivity contribution is -0.0651. The van der Waals surface area contributed by atoms with Crippen molar-refractivity contribution in [2.24, 2.45) is 0 Å². The third kappa shape index (κ3) is 0.867. The average molecular weight is 180 g/mol. The van der Waals surface area contributed by atoms with Gasteiger partial charge in [0.05, 0.1) is 17.4 Å². The van der Waals surface area contributed by atoms with Crippen molar-refractivity contribution >= 4 is 11.0 Å². The van der Waals surface area contributed by atoms with Crippen molar-refractivity contribution in [3.63, 3.8) is 0 Å². The molecule has 2 heterocycles. The summed E-state index contributed by atoms with van der Waals surface area (Å²) in [6.45, 7) is -1.69. The number of fused-ring (bicyclic) bond motifs is 2. The molecular weight excluding hydrogens is 175 g/mol. The van der Waals surface area contributed by atoms with E-state index < -0.39 is 6.54 Å². The highest BCUT2D eigenvalue weighted by Crippen LogP contribution is 2.37. The van der Waals surface area contributed by atoms with Crippen LogP contribution in [0.4, 0.5) is 4.39 Å². The molecule has 1 atom stereocenters. The Morgan fingerprint density at radius 1 is 1.31 bits per heavy atom. The molecule has 1 aliphatic heterocycles. The fourth-order valence-electron chi connectivity index (χ4n) is 1.35. The molecule has 0 aliphatic carbocycles. The van der Waals surface area contributed by atoms with E-state index in [4.69, 9.17) is 9.47 Å². The molecule has 0 radical (unpaired) electrons. The Balaban J connectivity index is 2.27. The first-order chi connectivity index (χ1) is 6.33. The standard InChI is InChI=1S/C8H5FN2O2/c9-8-12-6-1-4-5(11-3-10-4)2-7(6)13-8/h1-3,8H,(H,10,11). The van der Waals surface area contributed by atoms with Crippen LogP contribution in [0.15, 0.2) is 18.5 Å². The highest BCUT2D eigenvalue weighted by molar-refractivity contribution is 5.79. The molecule has 66 valence electrons. The molecule has 13 heavy (non-hydrogen) atoms. The molecule has 1 N–H and O–H groups in total. The summed E-state index contributed by atoms with van der Waals surface area (Å²) in [5, 5.41) is 0. The Labute approximate surface area is 72.3 Å². The van der Waals surface area contributed by atoms with Crippen LogP contribution in [-0.2, 0) is 0 Å². The zero-order valence-corrected chi connectivity index (χ0v) is 6.45. The minimum Gasteiger partial charge on any atom is -0.425 e. The van der Waals surface area contributed by atoms with E-state index in [0.717, 1.165) is 11.0 Å². The number of aromatic amines is 1. The van der Waals surface area contributed by atoms with Crippen LogP contribution in [0.2, 0.25) is 0 Å². The van der Waals surface area contributed by atoms with E-state index in [0.29, 0.717) is 11.5 Å². The number of alkyl halides is 1. The molecule has 3 rings (SSSR count). The first-order valence-corrected chi connectivity index (χ1v) is 3.77. The van der Waals surface area contributed by atoms with Crippen molar-refractivity contribution in [1.82, 2.24) is 9.97 Å². The van der Waals surface area contributed by atoms with E-state index in [1.807, 2.05) is 0 Å². The molecule has 4 nitrogen and oxygen atoms in total. The van der Waals surface area contributed by atoms with Gasteiger partial charge < -0.3 is 14.5 Å². The van der Waals surface area contributed by atoms with Gasteiger partial charge in [-0.05, 0) is 0 Å². The van der Waals surface area contributed by atoms with Crippen molar-refractivity contribution in [1.29, 1.82) is 0 Å². The summed E-state index contributed by atoms with van der Waals surface area (Å²) in [6.07, 6.45) is 1.56. The molecule has 0 amide bonds. The van der Waals surface area contributed by atoms with Gasteiger partial charge in [-0.1, -0.05) is 0 Å². The average Bonchev–Trinajstić information content (AvgIpc) is 2.63. The summed E-state index contributed by atoms with van der Waals surface area (Å²) in [7, 11) is 0. The number of H-pyrrole nitrogens is 1. The second-order valence-electron chi connectivity index (χ2n) is 2.73. The summed E-state index contributed by atoms with van der Waals surface area (Å²) >= 11 is 0. The van der Waals surface area contributed by atoms with Crippen LogP contribution < -0.4 is 9.47 Å². The summed E-state index contributed by atoms with van der Waals surface area (Å²) < 4.78 is 22.1. The Morgan fingerprint density at radius 3 is 2.92 bits per heavy atom. The lowest BCUT2D eigenvalue weighted by Gasteiger charge is -1.94. The number of hydrogen-bond donors (Lipinski definition) is 1. The number of aromatic nitrogens is 2. The van der Waals surface area contributed by atoms with Crippen molar-refractivity contribution in [3.05, 3.63) is 18.5 Å². The Morgan fingerprint density at radius 2 is 2.08 bits per heavy atom. The van der Waals surface area contributed by atoms with E-state index in [-0.39, 0.29) is 0 Å². The minimum absolute atomic E-state index is 0.395. The molecule has 0 spiro atoms. The van der Waals surface area contributed by atoms with Crippen LogP contribution in [0.1, 0.15) is 0 Å². The Kier molecular flexibility index (Phi) is 1.10. The van der Waals surface area contributed by atoms with Gasteiger partial charge in [-0.15, -0.1) is 0 Å². The van der Waals surface area contributed by atoms with Gasteiger partial charge >= 0.3 is 6.54 Å². The van der Waals surface area contributed by atoms with Crippen molar-refractivity contribution < 1.29 is 13.9 Å². The van der Waals surface area contributed by atoms with E-state index in [2.05, 4.69) is 9.97 Å². The minimum atomic E-state index is -1.69. The second-order valence-corrected chi connectivity index (χ2v) is 2.73. The fraction of sp³-hybridized carbons (Fsp3) is 0.125. The predicted octanol–water partition coefficient (Wildman–Crippen LogP) is 1.59. The number of rotatable bonds is 0. The third-order valence-corrected chi connectivity index (χ3v) is 1.92. The van der Waals surface area contributed by atoms with Gasteiger partial charge in [0, 0.05) is 12.1 Å². The highest BCUT2D eigenvalue weighted by Gasteiger charge is 2.24. The molecule has 0 saturated heterocycles. The van der Waals surface area contributed by atoms with Gasteiger partial charge in [-0.25, -0.2) is 4.98 Å². The van der Waals surface area contributed by atoms with Crippen LogP contribution in [0.3, 0.4) is 0 Å². The molecule has 0 fully saturated rings. The summed E-state index contributed by atoms with van der Waals surface area (Å²) in [6, 6.07) is 3.30. The number of ether oxygens (including phenoxy) is 2. The quantitative estimate of drug-likeness (QED) is 0.669. The Hall–Kier alpha value is -1.78. The maximum atomic E-state index is 12.6. The number of halogens is 1. The van der Waals surface area contributed by atoms with E-state index in [1.54, 1.807) is 18.5 Å². The van der Waals surface area contributed by atoms with Gasteiger partial charge in [0.2, 0.25) is 0 Å². The van der Waals surface area contributed by atoms with Gasteiger partial charge in [0.1, 0.15) is 0 Å². The predicted molar refractivity (Wildman–Crippen MR) is 42.2 cm³/mol. The first kappa shape index (κ1) is 6.71. The summed E-state index contributed by atoms with van der Waals surface area (Å²) in [4.78, 5) is 6.90. The smallest absolute Gasteiger partial charge is 0.397 e. The number of benzene rings is 1. The maximum absolute atomic E-state index is 12.6. The highest BCUT2D eigenvalue weighted by atomic mass is 19.2. The monoisotopic (exact) mass is 180 g/mol. The van der Waals surface area contributed by atoms with Crippen molar-refractivity contribution in [2.75, 3.05) is 0 Å². The fourth-order valence-corrected chi connectivity index (χ4v) is 1.35. The summed E-state index contributed by atoms with van der Waals surface area (Å²) in [5.74, 6) is 0.802.